The highest BCUT2D eigenvalue weighted by Crippen LogP contribution is 2.13. The van der Waals surface area contributed by atoms with Gasteiger partial charge in [-0.05, 0) is 21.0 Å². The van der Waals surface area contributed by atoms with E-state index in [0.29, 0.717) is 17.6 Å². The second kappa shape index (κ2) is 10.3. The quantitative estimate of drug-likeness (QED) is 0.269. The van der Waals surface area contributed by atoms with Gasteiger partial charge in [0.1, 0.15) is 6.04 Å². The predicted octanol–water partition coefficient (Wildman–Crippen LogP) is -1.76. The molecule has 0 aromatic rings. The summed E-state index contributed by atoms with van der Waals surface area (Å²) in [6.07, 6.45) is -0.0415. The van der Waals surface area contributed by atoms with E-state index in [9.17, 15) is 24.0 Å². The predicted molar refractivity (Wildman–Crippen MR) is 101 cm³/mol. The third-order valence-electron chi connectivity index (χ3n) is 5.10. The molecule has 2 saturated heterocycles. The Morgan fingerprint density at radius 2 is 1.59 bits per heavy atom. The molecular weight excluding hydrogens is 391 g/mol. The molecule has 4 amide bonds. The van der Waals surface area contributed by atoms with Gasteiger partial charge in [0.05, 0.1) is 6.42 Å². The topological polar surface area (TPSA) is 128 Å². The third-order valence-corrected chi connectivity index (χ3v) is 5.10. The molecule has 2 atom stereocenters. The fourth-order valence-corrected chi connectivity index (χ4v) is 3.17. The first-order valence-electron chi connectivity index (χ1n) is 9.70. The molecule has 0 aromatic heterocycles. The van der Waals surface area contributed by atoms with Crippen LogP contribution in [0, 0.1) is 0 Å². The van der Waals surface area contributed by atoms with Crippen LogP contribution in [0.3, 0.4) is 0 Å². The van der Waals surface area contributed by atoms with Crippen molar-refractivity contribution in [2.75, 3.05) is 40.3 Å². The van der Waals surface area contributed by atoms with Crippen LogP contribution in [-0.4, -0.2) is 96.8 Å². The second-order valence-electron chi connectivity index (χ2n) is 7.43. The van der Waals surface area contributed by atoms with Gasteiger partial charge in [0.25, 0.3) is 11.8 Å². The minimum atomic E-state index is -0.777. The van der Waals surface area contributed by atoms with E-state index in [1.165, 1.54) is 0 Å². The Kier molecular flexibility index (Phi) is 8.09. The van der Waals surface area contributed by atoms with Crippen LogP contribution in [0.25, 0.3) is 0 Å². The number of nitrogens with zero attached hydrogens (tertiary/aromatic N) is 3. The number of piperazine rings is 1. The first-order chi connectivity index (χ1) is 13.7. The van der Waals surface area contributed by atoms with Crippen LogP contribution in [0.5, 0.6) is 0 Å². The molecule has 2 fully saturated rings. The van der Waals surface area contributed by atoms with Crippen LogP contribution in [-0.2, 0) is 28.8 Å². The fourth-order valence-electron chi connectivity index (χ4n) is 3.17. The minimum Gasteiger partial charge on any atom is -0.355 e. The zero-order chi connectivity index (χ0) is 21.6. The molecule has 11 heteroatoms. The lowest BCUT2D eigenvalue weighted by molar-refractivity contribution is -0.197. The number of carbonyl (C=O) groups is 5. The Hall–Kier alpha value is -2.53. The lowest BCUT2D eigenvalue weighted by Gasteiger charge is -2.41. The van der Waals surface area contributed by atoms with Crippen LogP contribution in [0.2, 0.25) is 0 Å². The van der Waals surface area contributed by atoms with E-state index in [2.05, 4.69) is 22.5 Å². The molecule has 0 spiro atoms. The lowest BCUT2D eigenvalue weighted by Crippen LogP contribution is -2.59. The molecular formula is C18H29N5O6. The van der Waals surface area contributed by atoms with Crippen LogP contribution < -0.4 is 10.6 Å². The summed E-state index contributed by atoms with van der Waals surface area (Å²) in [5.74, 6) is -2.32. The number of amides is 4. The van der Waals surface area contributed by atoms with Crippen molar-refractivity contribution in [2.24, 2.45) is 0 Å². The zero-order valence-electron chi connectivity index (χ0n) is 17.1. The van der Waals surface area contributed by atoms with Gasteiger partial charge in [-0.25, -0.2) is 4.79 Å². The summed E-state index contributed by atoms with van der Waals surface area (Å²) in [6, 6.07) is 0.119. The van der Waals surface area contributed by atoms with Gasteiger partial charge in [0, 0.05) is 51.5 Å². The Labute approximate surface area is 169 Å². The Balaban J connectivity index is 1.60. The summed E-state index contributed by atoms with van der Waals surface area (Å²) < 4.78 is 0. The van der Waals surface area contributed by atoms with Gasteiger partial charge in [-0.3, -0.25) is 24.1 Å². The first-order valence-corrected chi connectivity index (χ1v) is 9.70. The highest BCUT2D eigenvalue weighted by Gasteiger charge is 2.33. The summed E-state index contributed by atoms with van der Waals surface area (Å²) in [5, 5.41) is 5.77. The highest BCUT2D eigenvalue weighted by molar-refractivity contribution is 6.01. The molecule has 2 unspecified atom stereocenters. The number of likely N-dealkylation sites (N-methyl/N-ethyl adjacent to an activating group) is 2. The zero-order valence-corrected chi connectivity index (χ0v) is 17.1. The maximum atomic E-state index is 12.3. The highest BCUT2D eigenvalue weighted by atomic mass is 16.8. The van der Waals surface area contributed by atoms with Crippen molar-refractivity contribution in [3.05, 3.63) is 0 Å². The molecule has 162 valence electrons. The van der Waals surface area contributed by atoms with Crippen LogP contribution >= 0.6 is 0 Å². The normalized spacial score (nSPS) is 23.2. The Morgan fingerprint density at radius 3 is 2.24 bits per heavy atom. The molecule has 0 aliphatic carbocycles. The van der Waals surface area contributed by atoms with E-state index >= 15 is 0 Å². The number of nitrogens with one attached hydrogen (secondary N) is 2. The van der Waals surface area contributed by atoms with Crippen molar-refractivity contribution in [2.45, 2.75) is 44.7 Å². The van der Waals surface area contributed by atoms with Gasteiger partial charge in [0.2, 0.25) is 11.8 Å². The first kappa shape index (κ1) is 22.8. The molecule has 2 rings (SSSR count). The molecule has 2 heterocycles. The van der Waals surface area contributed by atoms with E-state index in [-0.39, 0.29) is 56.6 Å². The largest absolute Gasteiger partial charge is 0.355 e. The molecule has 0 aromatic carbocycles. The number of imide groups is 1. The summed E-state index contributed by atoms with van der Waals surface area (Å²) in [6.45, 7) is 3.72. The number of rotatable bonds is 8. The van der Waals surface area contributed by atoms with Crippen LogP contribution in [0.4, 0.5) is 0 Å². The van der Waals surface area contributed by atoms with E-state index in [4.69, 9.17) is 4.84 Å². The Morgan fingerprint density at radius 1 is 0.966 bits per heavy atom. The molecule has 29 heavy (non-hydrogen) atoms. The van der Waals surface area contributed by atoms with Crippen molar-refractivity contribution in [3.63, 3.8) is 0 Å². The standard InChI is InChI=1S/C18H29N5O6/c1-12-10-22(3)13(11-21(12)2)18(28)20-8-6-14(24)19-9-7-17(27)29-23-15(25)4-5-16(23)26/h12-13H,4-11H2,1-3H3,(H,19,24)(H,20,28)/i2+1,3+1,7+1,9+1,10+1,14+1,17+1,19+1,20+1. The monoisotopic (exact) mass is 420 g/mol. The maximum Gasteiger partial charge on any atom is 0.334 e. The van der Waals surface area contributed by atoms with Gasteiger partial charge in [0.15, 0.2) is 0 Å². The van der Waals surface area contributed by atoms with E-state index in [1.807, 2.05) is 19.0 Å². The van der Waals surface area contributed by atoms with Crippen molar-refractivity contribution < 1.29 is 28.8 Å². The fraction of sp³-hybridized carbons (Fsp3) is 0.722. The van der Waals surface area contributed by atoms with Crippen molar-refractivity contribution in [3.8, 4) is 0 Å². The van der Waals surface area contributed by atoms with Gasteiger partial charge in [-0.2, -0.15) is 0 Å². The Bertz CT molecular complexity index is 653. The van der Waals surface area contributed by atoms with Crippen molar-refractivity contribution in [1.82, 2.24) is 25.5 Å². The van der Waals surface area contributed by atoms with Gasteiger partial charge < -0.3 is 20.4 Å². The molecule has 11 nitrogen and oxygen atoms in total. The molecule has 0 radical (unpaired) electrons. The molecule has 2 aliphatic heterocycles. The van der Waals surface area contributed by atoms with Crippen molar-refractivity contribution in [1.29, 1.82) is 0 Å². The lowest BCUT2D eigenvalue weighted by atomic mass is 10.2. The second-order valence-corrected chi connectivity index (χ2v) is 7.43. The molecule has 2 aliphatic rings. The van der Waals surface area contributed by atoms with Gasteiger partial charge in [-0.15, -0.1) is 5.06 Å². The molecule has 2 N–H and O–H groups in total. The smallest absolute Gasteiger partial charge is 0.334 e. The third kappa shape index (κ3) is 6.50. The number of hydrogen-bond acceptors (Lipinski definition) is 8. The summed E-state index contributed by atoms with van der Waals surface area (Å²) in [4.78, 5) is 67.4. The molecule has 0 saturated carbocycles. The average Bonchev–Trinajstić information content (AvgIpc) is 2.96. The van der Waals surface area contributed by atoms with Crippen LogP contribution in [0.15, 0.2) is 0 Å². The van der Waals surface area contributed by atoms with E-state index in [1.54, 1.807) is 0 Å². The van der Waals surface area contributed by atoms with E-state index in [0.717, 1.165) is 6.54 Å². The number of carbonyl (C=O) groups excluding carboxylic acids is 5. The van der Waals surface area contributed by atoms with Crippen molar-refractivity contribution >= 4 is 29.6 Å². The average molecular weight is 420 g/mol. The maximum absolute atomic E-state index is 12.3. The number of hydrogen-bond donors (Lipinski definition) is 2. The van der Waals surface area contributed by atoms with Gasteiger partial charge >= 0.3 is 5.97 Å². The minimum absolute atomic E-state index is 0.00980. The summed E-state index contributed by atoms with van der Waals surface area (Å²) in [7, 11) is 3.88. The van der Waals surface area contributed by atoms with Gasteiger partial charge in [-0.1, -0.05) is 0 Å². The van der Waals surface area contributed by atoms with E-state index < -0.39 is 17.8 Å². The SMILES string of the molecule is CC1[13CH2]N([13CH3])C(C(=O)[15NH]CC[13C](=O)[15NH][13CH2][13CH2][13C](=O)ON2C(=O)CCC2=O)CN1[13CH3]. The molecule has 0 bridgehead atoms. The van der Waals surface area contributed by atoms with Crippen LogP contribution in [0.1, 0.15) is 32.6 Å². The number of hydroxylamine groups is 2. The summed E-state index contributed by atoms with van der Waals surface area (Å²) >= 11 is 0. The summed E-state index contributed by atoms with van der Waals surface area (Å²) in [5.41, 5.74) is 0.